The van der Waals surface area contributed by atoms with Crippen LogP contribution in [0.2, 0.25) is 5.02 Å². The topological polar surface area (TPSA) is 164 Å². The maximum absolute atomic E-state index is 14.0. The number of amides is 3. The zero-order valence-electron chi connectivity index (χ0n) is 28.1. The number of aromatic nitrogens is 5. The minimum Gasteiger partial charge on any atom is -0.397 e. The van der Waals surface area contributed by atoms with E-state index in [1.54, 1.807) is 9.80 Å². The molecule has 1 aromatic carbocycles. The molecule has 0 spiro atoms. The zero-order valence-corrected chi connectivity index (χ0v) is 28.8. The Kier molecular flexibility index (Phi) is 9.56. The highest BCUT2D eigenvalue weighted by Gasteiger charge is 2.41. The molecule has 0 saturated carbocycles. The predicted octanol–water partition coefficient (Wildman–Crippen LogP) is 2.92. The van der Waals surface area contributed by atoms with Gasteiger partial charge in [-0.15, -0.1) is 0 Å². The number of anilines is 2. The van der Waals surface area contributed by atoms with Gasteiger partial charge in [-0.3, -0.25) is 14.4 Å². The molecule has 2 atom stereocenters. The van der Waals surface area contributed by atoms with Crippen LogP contribution in [0.4, 0.5) is 24.5 Å². The molecule has 0 unspecified atom stereocenters. The average molecular weight is 730 g/mol. The SMILES string of the molecule is Cn1c(-c2cn(-c3ccc(N)cn3)nc2C(F)(F)F)cnc1C(=O)Nc1ccc(C(=O)N2CCN(C(=O)[C@H]3CC[N+](C)(C)C[C@@H]3O)CC2)c(Cl)c1. The van der Waals surface area contributed by atoms with Gasteiger partial charge in [-0.25, -0.2) is 14.6 Å². The number of halogens is 4. The molecule has 270 valence electrons. The first-order valence-electron chi connectivity index (χ1n) is 16.1. The molecule has 18 heteroatoms. The predicted molar refractivity (Wildman–Crippen MR) is 181 cm³/mol. The summed E-state index contributed by atoms with van der Waals surface area (Å²) in [4.78, 5) is 51.1. The zero-order chi connectivity index (χ0) is 36.8. The van der Waals surface area contributed by atoms with Crippen LogP contribution >= 0.6 is 11.6 Å². The van der Waals surface area contributed by atoms with Crippen molar-refractivity contribution < 1.29 is 37.1 Å². The van der Waals surface area contributed by atoms with Gasteiger partial charge < -0.3 is 35.0 Å². The number of pyridine rings is 1. The lowest BCUT2D eigenvalue weighted by Crippen LogP contribution is -2.58. The average Bonchev–Trinajstić information content (AvgIpc) is 3.68. The number of carbonyl (C=O) groups excluding carboxylic acids is 3. The number of rotatable bonds is 6. The molecular weight excluding hydrogens is 693 g/mol. The fraction of sp³-hybridized carbons (Fsp3) is 0.394. The summed E-state index contributed by atoms with van der Waals surface area (Å²) in [5.41, 5.74) is 4.87. The molecule has 4 aromatic rings. The number of nitrogen functional groups attached to an aromatic ring is 1. The third kappa shape index (κ3) is 7.41. The number of piperazine rings is 1. The monoisotopic (exact) mass is 729 g/mol. The molecule has 2 aliphatic rings. The van der Waals surface area contributed by atoms with E-state index in [1.165, 1.54) is 48.1 Å². The fourth-order valence-corrected chi connectivity index (χ4v) is 6.74. The van der Waals surface area contributed by atoms with Crippen LogP contribution in [0.1, 0.15) is 33.1 Å². The van der Waals surface area contributed by atoms with E-state index in [2.05, 4.69) is 20.4 Å². The first kappa shape index (κ1) is 35.8. The van der Waals surface area contributed by atoms with Crippen molar-refractivity contribution in [3.8, 4) is 17.1 Å². The van der Waals surface area contributed by atoms with E-state index in [-0.39, 0.29) is 64.1 Å². The minimum absolute atomic E-state index is 0.0203. The first-order chi connectivity index (χ1) is 24.0. The molecule has 0 bridgehead atoms. The van der Waals surface area contributed by atoms with Crippen molar-refractivity contribution in [2.24, 2.45) is 13.0 Å². The molecular formula is C33H37ClF3N10O4+. The van der Waals surface area contributed by atoms with Gasteiger partial charge in [0.1, 0.15) is 12.6 Å². The van der Waals surface area contributed by atoms with Gasteiger partial charge in [0.25, 0.3) is 11.8 Å². The van der Waals surface area contributed by atoms with Crippen LogP contribution in [-0.4, -0.2) is 121 Å². The Hall–Kier alpha value is -5.00. The fourth-order valence-electron chi connectivity index (χ4n) is 6.47. The Morgan fingerprint density at radius 3 is 2.37 bits per heavy atom. The van der Waals surface area contributed by atoms with Gasteiger partial charge in [0, 0.05) is 51.5 Å². The summed E-state index contributed by atoms with van der Waals surface area (Å²) in [5.74, 6) is -1.71. The number of alkyl halides is 3. The van der Waals surface area contributed by atoms with Crippen LogP contribution in [-0.2, 0) is 18.0 Å². The molecule has 4 N–H and O–H groups in total. The number of imidazole rings is 1. The third-order valence-corrected chi connectivity index (χ3v) is 9.61. The number of hydrogen-bond donors (Lipinski definition) is 3. The van der Waals surface area contributed by atoms with Crippen LogP contribution in [0.25, 0.3) is 17.1 Å². The van der Waals surface area contributed by atoms with Crippen molar-refractivity contribution in [3.05, 3.63) is 71.0 Å². The lowest BCUT2D eigenvalue weighted by molar-refractivity contribution is -0.899. The summed E-state index contributed by atoms with van der Waals surface area (Å²) < 4.78 is 44.9. The summed E-state index contributed by atoms with van der Waals surface area (Å²) in [6.07, 6.45) is -1.36. The van der Waals surface area contributed by atoms with E-state index in [0.29, 0.717) is 36.2 Å². The number of aliphatic hydroxyl groups excluding tert-OH is 1. The number of quaternary nitrogens is 1. The number of nitrogens with one attached hydrogen (secondary N) is 1. The van der Waals surface area contributed by atoms with Gasteiger partial charge in [-0.05, 0) is 30.3 Å². The van der Waals surface area contributed by atoms with Gasteiger partial charge in [-0.2, -0.15) is 18.3 Å². The largest absolute Gasteiger partial charge is 0.435 e. The third-order valence-electron chi connectivity index (χ3n) is 9.30. The van der Waals surface area contributed by atoms with E-state index in [0.717, 1.165) is 23.6 Å². The molecule has 6 rings (SSSR count). The second-order valence-electron chi connectivity index (χ2n) is 13.4. The van der Waals surface area contributed by atoms with Gasteiger partial charge in [0.15, 0.2) is 17.3 Å². The summed E-state index contributed by atoms with van der Waals surface area (Å²) in [6, 6.07) is 7.25. The quantitative estimate of drug-likeness (QED) is 0.255. The molecule has 3 amide bonds. The smallest absolute Gasteiger partial charge is 0.397 e. The molecule has 0 aliphatic carbocycles. The number of aliphatic hydroxyl groups is 1. The van der Waals surface area contributed by atoms with E-state index in [4.69, 9.17) is 17.3 Å². The maximum Gasteiger partial charge on any atom is 0.435 e. The van der Waals surface area contributed by atoms with Crippen molar-refractivity contribution in [2.45, 2.75) is 18.7 Å². The summed E-state index contributed by atoms with van der Waals surface area (Å²) in [5, 5.41) is 17.0. The minimum atomic E-state index is -4.82. The lowest BCUT2D eigenvalue weighted by Gasteiger charge is -2.42. The van der Waals surface area contributed by atoms with Crippen LogP contribution in [0.5, 0.6) is 0 Å². The second kappa shape index (κ2) is 13.6. The van der Waals surface area contributed by atoms with E-state index in [1.807, 2.05) is 14.1 Å². The van der Waals surface area contributed by atoms with Crippen molar-refractivity contribution >= 4 is 40.7 Å². The molecule has 14 nitrogen and oxygen atoms in total. The maximum atomic E-state index is 14.0. The number of hydrogen-bond acceptors (Lipinski definition) is 8. The Labute approximate surface area is 295 Å². The normalized spacial score (nSPS) is 19.2. The number of carbonyl (C=O) groups is 3. The molecule has 51 heavy (non-hydrogen) atoms. The highest BCUT2D eigenvalue weighted by Crippen LogP contribution is 2.37. The van der Waals surface area contributed by atoms with Crippen molar-refractivity contribution in [3.63, 3.8) is 0 Å². The summed E-state index contributed by atoms with van der Waals surface area (Å²) in [7, 11) is 5.45. The molecule has 0 radical (unpaired) electrons. The van der Waals surface area contributed by atoms with E-state index in [9.17, 15) is 32.7 Å². The number of nitrogens with two attached hydrogens (primary N) is 1. The standard InChI is InChI=1S/C33H36ClF3N10O4/c1-43-25(23-17-46(42-28(23)33(35,36)37)27-7-4-19(38)15-39-27)16-40-29(43)30(49)41-20-5-6-21(24(34)14-20)31(50)44-9-11-45(12-10-44)32(51)22-8-13-47(2,3)18-26(22)48/h4-7,14-17,22,26,48H,8-13,18,38H2,1-3H3/p+1/t22-,26-/m0/s1. The first-order valence-corrected chi connectivity index (χ1v) is 16.5. The number of nitrogens with zero attached hydrogens (tertiary/aromatic N) is 8. The number of likely N-dealkylation sites (tertiary alicyclic amines) is 1. The molecule has 5 heterocycles. The van der Waals surface area contributed by atoms with Crippen LogP contribution < -0.4 is 11.1 Å². The van der Waals surface area contributed by atoms with Gasteiger partial charge in [0.2, 0.25) is 5.91 Å². The molecule has 3 aromatic heterocycles. The van der Waals surface area contributed by atoms with E-state index >= 15 is 0 Å². The van der Waals surface area contributed by atoms with Gasteiger partial charge >= 0.3 is 6.18 Å². The molecule has 2 fully saturated rings. The Bertz CT molecular complexity index is 1970. The molecule has 2 aliphatic heterocycles. The van der Waals surface area contributed by atoms with Gasteiger partial charge in [0.05, 0.1) is 66.5 Å². The number of piperidine rings is 1. The highest BCUT2D eigenvalue weighted by molar-refractivity contribution is 6.34. The Balaban J connectivity index is 1.11. The lowest BCUT2D eigenvalue weighted by atomic mass is 9.91. The van der Waals surface area contributed by atoms with Crippen LogP contribution in [0.3, 0.4) is 0 Å². The van der Waals surface area contributed by atoms with E-state index < -0.39 is 29.8 Å². The number of benzene rings is 1. The Morgan fingerprint density at radius 2 is 1.75 bits per heavy atom. The molecule has 2 saturated heterocycles. The summed E-state index contributed by atoms with van der Waals surface area (Å²) >= 11 is 6.49. The van der Waals surface area contributed by atoms with Crippen LogP contribution in [0, 0.1) is 5.92 Å². The van der Waals surface area contributed by atoms with Crippen LogP contribution in [0.15, 0.2) is 48.9 Å². The second-order valence-corrected chi connectivity index (χ2v) is 13.8. The van der Waals surface area contributed by atoms with Crippen molar-refractivity contribution in [2.75, 3.05) is 64.4 Å². The summed E-state index contributed by atoms with van der Waals surface area (Å²) in [6.45, 7) is 2.53. The number of likely N-dealkylation sites (N-methyl/N-ethyl adjacent to an activating group) is 1. The Morgan fingerprint density at radius 1 is 1.04 bits per heavy atom. The van der Waals surface area contributed by atoms with Gasteiger partial charge in [-0.1, -0.05) is 11.6 Å². The van der Waals surface area contributed by atoms with Crippen molar-refractivity contribution in [1.29, 1.82) is 0 Å². The van der Waals surface area contributed by atoms with Crippen molar-refractivity contribution in [1.82, 2.24) is 34.1 Å². The highest BCUT2D eigenvalue weighted by atomic mass is 35.5.